The number of fused-ring (bicyclic) bond motifs is 2. The van der Waals surface area contributed by atoms with E-state index in [4.69, 9.17) is 8.83 Å². The summed E-state index contributed by atoms with van der Waals surface area (Å²) in [6, 6.07) is 14.3. The molecular weight excluding hydrogens is 382 g/mol. The fourth-order valence-electron chi connectivity index (χ4n) is 3.68. The Morgan fingerprint density at radius 1 is 0.967 bits per heavy atom. The number of carbonyl (C=O) groups is 2. The molecule has 0 bridgehead atoms. The first kappa shape index (κ1) is 18.1. The summed E-state index contributed by atoms with van der Waals surface area (Å²) >= 11 is 0. The molecule has 1 aromatic carbocycles. The Bertz CT molecular complexity index is 1230. The van der Waals surface area contributed by atoms with Gasteiger partial charge in [-0.25, -0.2) is 0 Å². The van der Waals surface area contributed by atoms with E-state index in [9.17, 15) is 9.59 Å². The molecule has 0 unspecified atom stereocenters. The van der Waals surface area contributed by atoms with Crippen LogP contribution in [-0.4, -0.2) is 16.4 Å². The molecule has 7 nitrogen and oxygen atoms in total. The highest BCUT2D eigenvalue weighted by molar-refractivity contribution is 6.07. The van der Waals surface area contributed by atoms with Gasteiger partial charge in [-0.2, -0.15) is 0 Å². The van der Waals surface area contributed by atoms with Gasteiger partial charge in [0, 0.05) is 28.7 Å². The molecule has 150 valence electrons. The summed E-state index contributed by atoms with van der Waals surface area (Å²) in [5, 5.41) is 2.82. The summed E-state index contributed by atoms with van der Waals surface area (Å²) in [5.41, 5.74) is 3.58. The van der Waals surface area contributed by atoms with Crippen LogP contribution >= 0.6 is 0 Å². The minimum atomic E-state index is -0.256. The summed E-state index contributed by atoms with van der Waals surface area (Å²) in [7, 11) is 0. The average Bonchev–Trinajstić information content (AvgIpc) is 3.47. The van der Waals surface area contributed by atoms with Gasteiger partial charge in [-0.3, -0.25) is 14.5 Å². The Labute approximate surface area is 172 Å². The molecule has 0 aliphatic carbocycles. The third-order valence-electron chi connectivity index (χ3n) is 5.29. The second kappa shape index (κ2) is 7.11. The van der Waals surface area contributed by atoms with Gasteiger partial charge in [-0.15, -0.1) is 0 Å². The van der Waals surface area contributed by atoms with Crippen LogP contribution in [0.15, 0.2) is 76.1 Å². The number of hydrogen-bond acceptors (Lipinski definition) is 4. The van der Waals surface area contributed by atoms with Crippen LogP contribution in [0.2, 0.25) is 0 Å². The van der Waals surface area contributed by atoms with E-state index in [-0.39, 0.29) is 11.8 Å². The van der Waals surface area contributed by atoms with Crippen molar-refractivity contribution in [3.8, 4) is 0 Å². The number of furan rings is 2. The number of nitrogens with one attached hydrogen (secondary N) is 1. The van der Waals surface area contributed by atoms with Gasteiger partial charge in [0.2, 0.25) is 5.88 Å². The number of carbonyl (C=O) groups excluding carboxylic acids is 2. The van der Waals surface area contributed by atoms with Crippen LogP contribution in [0.5, 0.6) is 0 Å². The van der Waals surface area contributed by atoms with Gasteiger partial charge in [-0.05, 0) is 55.5 Å². The molecule has 5 rings (SSSR count). The lowest BCUT2D eigenvalue weighted by atomic mass is 10.1. The van der Waals surface area contributed by atoms with E-state index < -0.39 is 0 Å². The minimum Gasteiger partial charge on any atom is -0.469 e. The molecule has 0 saturated heterocycles. The predicted octanol–water partition coefficient (Wildman–Crippen LogP) is 4.44. The van der Waals surface area contributed by atoms with Crippen molar-refractivity contribution in [3.05, 3.63) is 95.4 Å². The molecule has 0 saturated carbocycles. The average molecular weight is 401 g/mol. The fourth-order valence-corrected chi connectivity index (χ4v) is 3.68. The first-order valence-electron chi connectivity index (χ1n) is 9.58. The number of rotatable bonds is 3. The summed E-state index contributed by atoms with van der Waals surface area (Å²) in [4.78, 5) is 27.3. The Kier molecular flexibility index (Phi) is 4.28. The van der Waals surface area contributed by atoms with Gasteiger partial charge in [0.05, 0.1) is 31.2 Å². The Morgan fingerprint density at radius 3 is 2.53 bits per heavy atom. The predicted molar refractivity (Wildman–Crippen MR) is 111 cm³/mol. The van der Waals surface area contributed by atoms with E-state index in [1.54, 1.807) is 48.4 Å². The molecule has 3 aromatic heterocycles. The lowest BCUT2D eigenvalue weighted by Crippen LogP contribution is -2.30. The molecule has 0 radical (unpaired) electrons. The number of benzene rings is 1. The summed E-state index contributed by atoms with van der Waals surface area (Å²) in [6.45, 7) is 2.82. The molecule has 0 atom stereocenters. The molecule has 1 aliphatic rings. The highest BCUT2D eigenvalue weighted by atomic mass is 16.3. The molecule has 0 spiro atoms. The maximum Gasteiger partial charge on any atom is 0.260 e. The number of hydrogen-bond donors (Lipinski definition) is 1. The zero-order chi connectivity index (χ0) is 20.7. The third-order valence-corrected chi connectivity index (χ3v) is 5.29. The molecule has 0 fully saturated rings. The van der Waals surface area contributed by atoms with Gasteiger partial charge in [0.1, 0.15) is 5.76 Å². The van der Waals surface area contributed by atoms with E-state index >= 15 is 0 Å². The highest BCUT2D eigenvalue weighted by Crippen LogP contribution is 2.30. The Morgan fingerprint density at radius 2 is 1.77 bits per heavy atom. The topological polar surface area (TPSA) is 80.6 Å². The molecular formula is C23H19N3O4. The Balaban J connectivity index is 1.38. The quantitative estimate of drug-likeness (QED) is 0.550. The van der Waals surface area contributed by atoms with Crippen molar-refractivity contribution in [1.82, 2.24) is 4.57 Å². The lowest BCUT2D eigenvalue weighted by Gasteiger charge is -2.19. The largest absolute Gasteiger partial charge is 0.469 e. The first-order chi connectivity index (χ1) is 14.6. The molecule has 4 heterocycles. The van der Waals surface area contributed by atoms with E-state index in [0.29, 0.717) is 41.5 Å². The van der Waals surface area contributed by atoms with Crippen LogP contribution in [-0.2, 0) is 13.1 Å². The van der Waals surface area contributed by atoms with Gasteiger partial charge >= 0.3 is 0 Å². The third kappa shape index (κ3) is 3.10. The van der Waals surface area contributed by atoms with Crippen LogP contribution in [0.4, 0.5) is 11.6 Å². The SMILES string of the molecule is Cc1occc1C(=O)Nc1ccc(C(=O)N2Cc3cccn3Cc3ccoc32)cc1. The maximum atomic E-state index is 13.3. The normalized spacial score (nSPS) is 12.8. The molecule has 2 amide bonds. The van der Waals surface area contributed by atoms with E-state index in [1.807, 2.05) is 24.4 Å². The summed E-state index contributed by atoms with van der Waals surface area (Å²) in [5.74, 6) is 0.703. The molecule has 1 N–H and O–H groups in total. The number of nitrogens with zero attached hydrogens (tertiary/aromatic N) is 2. The van der Waals surface area contributed by atoms with Crippen molar-refractivity contribution in [1.29, 1.82) is 0 Å². The van der Waals surface area contributed by atoms with Gasteiger partial charge < -0.3 is 18.7 Å². The van der Waals surface area contributed by atoms with Gasteiger partial charge in [-0.1, -0.05) is 0 Å². The Hall–Kier alpha value is -4.00. The van der Waals surface area contributed by atoms with Crippen molar-refractivity contribution in [3.63, 3.8) is 0 Å². The maximum absolute atomic E-state index is 13.3. The lowest BCUT2D eigenvalue weighted by molar-refractivity contribution is 0.0979. The second-order valence-corrected chi connectivity index (χ2v) is 7.19. The molecule has 30 heavy (non-hydrogen) atoms. The van der Waals surface area contributed by atoms with Crippen LogP contribution < -0.4 is 10.2 Å². The zero-order valence-electron chi connectivity index (χ0n) is 16.3. The number of amides is 2. The van der Waals surface area contributed by atoms with Gasteiger partial charge in [0.25, 0.3) is 11.8 Å². The monoisotopic (exact) mass is 401 g/mol. The van der Waals surface area contributed by atoms with Gasteiger partial charge in [0.15, 0.2) is 0 Å². The van der Waals surface area contributed by atoms with Crippen molar-refractivity contribution in [2.24, 2.45) is 0 Å². The van der Waals surface area contributed by atoms with E-state index in [1.165, 1.54) is 6.26 Å². The molecule has 7 heteroatoms. The zero-order valence-corrected chi connectivity index (χ0v) is 16.3. The standard InChI is InChI=1S/C23H19N3O4/c1-15-20(9-12-29-15)21(27)24-18-6-4-16(5-7-18)22(28)26-14-19-3-2-10-25(19)13-17-8-11-30-23(17)26/h2-12H,13-14H2,1H3,(H,24,27). The summed E-state index contributed by atoms with van der Waals surface area (Å²) in [6.07, 6.45) is 5.09. The minimum absolute atomic E-state index is 0.163. The van der Waals surface area contributed by atoms with E-state index in [2.05, 4.69) is 9.88 Å². The van der Waals surface area contributed by atoms with Crippen molar-refractivity contribution in [2.75, 3.05) is 10.2 Å². The fraction of sp³-hybridized carbons (Fsp3) is 0.130. The van der Waals surface area contributed by atoms with Crippen molar-refractivity contribution < 1.29 is 18.4 Å². The van der Waals surface area contributed by atoms with Crippen LogP contribution in [0, 0.1) is 6.92 Å². The number of anilines is 2. The molecule has 1 aliphatic heterocycles. The second-order valence-electron chi connectivity index (χ2n) is 7.19. The van der Waals surface area contributed by atoms with E-state index in [0.717, 1.165) is 11.3 Å². The highest BCUT2D eigenvalue weighted by Gasteiger charge is 2.27. The van der Waals surface area contributed by atoms with Crippen LogP contribution in [0.1, 0.15) is 37.7 Å². The van der Waals surface area contributed by atoms with Crippen molar-refractivity contribution >= 4 is 23.4 Å². The first-order valence-corrected chi connectivity index (χ1v) is 9.58. The number of aromatic nitrogens is 1. The number of aryl methyl sites for hydroxylation is 1. The smallest absolute Gasteiger partial charge is 0.260 e. The van der Waals surface area contributed by atoms with Crippen molar-refractivity contribution in [2.45, 2.75) is 20.0 Å². The van der Waals surface area contributed by atoms with Crippen LogP contribution in [0.3, 0.4) is 0 Å². The molecule has 4 aromatic rings. The van der Waals surface area contributed by atoms with Crippen LogP contribution in [0.25, 0.3) is 0 Å². The summed E-state index contributed by atoms with van der Waals surface area (Å²) < 4.78 is 12.9.